The number of H-pyrrole nitrogens is 1. The molecule has 3 aromatic rings. The molecular weight excluding hydrogens is 492 g/mol. The number of carbonyl (C=O) groups is 3. The van der Waals surface area contributed by atoms with Crippen LogP contribution in [-0.4, -0.2) is 64.5 Å². The molecule has 8 nitrogen and oxygen atoms in total. The number of hydrogen-bond acceptors (Lipinski definition) is 4. The number of fused-ring (bicyclic) bond motifs is 2. The van der Waals surface area contributed by atoms with Gasteiger partial charge in [0.15, 0.2) is 0 Å². The first-order valence-corrected chi connectivity index (χ1v) is 14.0. The number of likely N-dealkylation sites (tertiary alicyclic amines) is 1. The van der Waals surface area contributed by atoms with Gasteiger partial charge in [-0.2, -0.15) is 0 Å². The summed E-state index contributed by atoms with van der Waals surface area (Å²) < 4.78 is 5.13. The van der Waals surface area contributed by atoms with Crippen molar-refractivity contribution in [2.75, 3.05) is 19.7 Å². The first kappa shape index (κ1) is 26.8. The maximum Gasteiger partial charge on any atom is 0.409 e. The highest BCUT2D eigenvalue weighted by atomic mass is 16.6. The van der Waals surface area contributed by atoms with Crippen LogP contribution in [0.15, 0.2) is 48.5 Å². The summed E-state index contributed by atoms with van der Waals surface area (Å²) in [5.41, 5.74) is 4.62. The average molecular weight is 531 g/mol. The van der Waals surface area contributed by atoms with E-state index < -0.39 is 6.04 Å². The van der Waals surface area contributed by atoms with Gasteiger partial charge < -0.3 is 24.8 Å². The maximum atomic E-state index is 14.0. The molecule has 0 radical (unpaired) electrons. The molecule has 0 aliphatic carbocycles. The Hall–Kier alpha value is -3.81. The first-order chi connectivity index (χ1) is 18.8. The second kappa shape index (κ2) is 11.1. The molecule has 1 aromatic heterocycles. The number of rotatable bonds is 7. The van der Waals surface area contributed by atoms with Crippen molar-refractivity contribution in [3.05, 3.63) is 70.9 Å². The van der Waals surface area contributed by atoms with E-state index in [2.05, 4.69) is 30.2 Å². The van der Waals surface area contributed by atoms with Crippen molar-refractivity contribution in [3.8, 4) is 0 Å². The fraction of sp³-hybridized carbons (Fsp3) is 0.452. The predicted octanol–water partition coefficient (Wildman–Crippen LogP) is 5.17. The lowest BCUT2D eigenvalue weighted by molar-refractivity contribution is -0.127. The Balaban J connectivity index is 1.47. The molecule has 2 atom stereocenters. The van der Waals surface area contributed by atoms with Gasteiger partial charge in [-0.15, -0.1) is 0 Å². The smallest absolute Gasteiger partial charge is 0.409 e. The number of piperidine rings is 1. The molecular formula is C31H38N4O4. The van der Waals surface area contributed by atoms with Gasteiger partial charge in [0, 0.05) is 46.9 Å². The van der Waals surface area contributed by atoms with Crippen molar-refractivity contribution in [3.63, 3.8) is 0 Å². The van der Waals surface area contributed by atoms with Crippen LogP contribution in [0.4, 0.5) is 4.79 Å². The van der Waals surface area contributed by atoms with E-state index in [-0.39, 0.29) is 35.9 Å². The summed E-state index contributed by atoms with van der Waals surface area (Å²) in [6.07, 6.45) is 1.54. The highest BCUT2D eigenvalue weighted by molar-refractivity contribution is 6.03. The van der Waals surface area contributed by atoms with Crippen molar-refractivity contribution >= 4 is 28.8 Å². The molecule has 1 saturated heterocycles. The van der Waals surface area contributed by atoms with Crippen molar-refractivity contribution in [2.24, 2.45) is 5.92 Å². The molecule has 2 N–H and O–H groups in total. The third kappa shape index (κ3) is 5.12. The Labute approximate surface area is 229 Å². The molecule has 3 heterocycles. The SMILES string of the molecule is CCOC(=O)N1CCC(NC(=O)C(CC(C)C)N2C(=O)c3ccccc3C2c2c(C)[nH]c3ccccc23)CC1. The number of nitrogens with one attached hydrogen (secondary N) is 2. The predicted molar refractivity (Wildman–Crippen MR) is 150 cm³/mol. The normalized spacial score (nSPS) is 18.5. The van der Waals surface area contributed by atoms with Gasteiger partial charge in [0.05, 0.1) is 12.6 Å². The summed E-state index contributed by atoms with van der Waals surface area (Å²) in [4.78, 5) is 47.1. The van der Waals surface area contributed by atoms with Gasteiger partial charge in [0.25, 0.3) is 5.91 Å². The fourth-order valence-electron chi connectivity index (χ4n) is 6.12. The van der Waals surface area contributed by atoms with Crippen LogP contribution in [0.2, 0.25) is 0 Å². The number of aromatic nitrogens is 1. The number of ether oxygens (including phenoxy) is 1. The summed E-state index contributed by atoms with van der Waals surface area (Å²) >= 11 is 0. The van der Waals surface area contributed by atoms with Gasteiger partial charge in [0.2, 0.25) is 5.91 Å². The zero-order valence-electron chi connectivity index (χ0n) is 23.2. The van der Waals surface area contributed by atoms with E-state index in [0.717, 1.165) is 27.7 Å². The first-order valence-electron chi connectivity index (χ1n) is 14.0. The lowest BCUT2D eigenvalue weighted by Gasteiger charge is -2.36. The largest absolute Gasteiger partial charge is 0.450 e. The van der Waals surface area contributed by atoms with E-state index >= 15 is 0 Å². The second-order valence-corrected chi connectivity index (χ2v) is 11.0. The zero-order valence-corrected chi connectivity index (χ0v) is 23.2. The Morgan fingerprint density at radius 1 is 1.08 bits per heavy atom. The topological polar surface area (TPSA) is 94.7 Å². The van der Waals surface area contributed by atoms with Gasteiger partial charge in [-0.25, -0.2) is 4.79 Å². The third-order valence-corrected chi connectivity index (χ3v) is 7.92. The molecule has 5 rings (SSSR count). The van der Waals surface area contributed by atoms with E-state index in [4.69, 9.17) is 4.74 Å². The highest BCUT2D eigenvalue weighted by Crippen LogP contribution is 2.44. The van der Waals surface area contributed by atoms with Crippen molar-refractivity contribution in [1.29, 1.82) is 0 Å². The fourth-order valence-corrected chi connectivity index (χ4v) is 6.12. The molecule has 3 amide bonds. The van der Waals surface area contributed by atoms with Crippen LogP contribution in [0, 0.1) is 12.8 Å². The maximum absolute atomic E-state index is 14.0. The van der Waals surface area contributed by atoms with Crippen molar-refractivity contribution < 1.29 is 19.1 Å². The minimum Gasteiger partial charge on any atom is -0.450 e. The number of carbonyl (C=O) groups excluding carboxylic acids is 3. The van der Waals surface area contributed by atoms with Gasteiger partial charge in [-0.1, -0.05) is 50.2 Å². The number of nitrogens with zero attached hydrogens (tertiary/aromatic N) is 2. The van der Waals surface area contributed by atoms with E-state index in [0.29, 0.717) is 44.5 Å². The van der Waals surface area contributed by atoms with Crippen LogP contribution < -0.4 is 5.32 Å². The van der Waals surface area contributed by atoms with Crippen LogP contribution >= 0.6 is 0 Å². The Kier molecular flexibility index (Phi) is 7.64. The van der Waals surface area contributed by atoms with Crippen LogP contribution in [0.25, 0.3) is 10.9 Å². The monoisotopic (exact) mass is 530 g/mol. The molecule has 206 valence electrons. The van der Waals surface area contributed by atoms with Crippen LogP contribution in [0.3, 0.4) is 0 Å². The summed E-state index contributed by atoms with van der Waals surface area (Å²) in [5, 5.41) is 4.30. The highest BCUT2D eigenvalue weighted by Gasteiger charge is 2.45. The number of benzene rings is 2. The molecule has 0 saturated carbocycles. The third-order valence-electron chi connectivity index (χ3n) is 7.92. The Morgan fingerprint density at radius 2 is 1.77 bits per heavy atom. The molecule has 8 heteroatoms. The van der Waals surface area contributed by atoms with E-state index in [9.17, 15) is 14.4 Å². The molecule has 39 heavy (non-hydrogen) atoms. The summed E-state index contributed by atoms with van der Waals surface area (Å²) in [6, 6.07) is 14.8. The number of aryl methyl sites for hydroxylation is 1. The molecule has 2 aliphatic rings. The molecule has 2 aromatic carbocycles. The van der Waals surface area contributed by atoms with Gasteiger partial charge in [-0.05, 0) is 56.7 Å². The van der Waals surface area contributed by atoms with Gasteiger partial charge >= 0.3 is 6.09 Å². The summed E-state index contributed by atoms with van der Waals surface area (Å²) in [6.45, 7) is 9.40. The Morgan fingerprint density at radius 3 is 2.49 bits per heavy atom. The molecule has 2 unspecified atom stereocenters. The lowest BCUT2D eigenvalue weighted by Crippen LogP contribution is -2.54. The van der Waals surface area contributed by atoms with Crippen molar-refractivity contribution in [1.82, 2.24) is 20.1 Å². The van der Waals surface area contributed by atoms with E-state index in [1.807, 2.05) is 54.3 Å². The molecule has 0 bridgehead atoms. The number of aromatic amines is 1. The van der Waals surface area contributed by atoms with Crippen molar-refractivity contribution in [2.45, 2.75) is 65.1 Å². The van der Waals surface area contributed by atoms with Crippen LogP contribution in [0.1, 0.15) is 73.3 Å². The van der Waals surface area contributed by atoms with Crippen LogP contribution in [-0.2, 0) is 9.53 Å². The number of amides is 3. The number of para-hydroxylation sites is 1. The Bertz CT molecular complexity index is 1370. The summed E-state index contributed by atoms with van der Waals surface area (Å²) in [5.74, 6) is -0.0483. The van der Waals surface area contributed by atoms with E-state index in [1.165, 1.54) is 0 Å². The minimum atomic E-state index is -0.633. The molecule has 0 spiro atoms. The zero-order chi connectivity index (χ0) is 27.7. The second-order valence-electron chi connectivity index (χ2n) is 11.0. The molecule has 2 aliphatic heterocycles. The minimum absolute atomic E-state index is 0.0637. The van der Waals surface area contributed by atoms with Crippen LogP contribution in [0.5, 0.6) is 0 Å². The lowest BCUT2D eigenvalue weighted by atomic mass is 9.93. The number of hydrogen-bond donors (Lipinski definition) is 2. The quantitative estimate of drug-likeness (QED) is 0.440. The standard InChI is InChI=1S/C31H38N4O4/c1-5-39-31(38)34-16-14-21(15-17-34)33-29(36)26(18-19(2)3)35-28(22-10-6-7-11-23(22)30(35)37)27-20(4)32-25-13-9-8-12-24(25)27/h6-13,19,21,26,28,32H,5,14-18H2,1-4H3,(H,33,36). The molecule has 1 fully saturated rings. The summed E-state index contributed by atoms with van der Waals surface area (Å²) in [7, 11) is 0. The van der Waals surface area contributed by atoms with E-state index in [1.54, 1.807) is 11.8 Å². The van der Waals surface area contributed by atoms with Gasteiger partial charge in [0.1, 0.15) is 6.04 Å². The van der Waals surface area contributed by atoms with Gasteiger partial charge in [-0.3, -0.25) is 9.59 Å². The average Bonchev–Trinajstić information content (AvgIpc) is 3.40.